The topological polar surface area (TPSA) is 52.6 Å². The minimum atomic E-state index is -0.782. The van der Waals surface area contributed by atoms with Crippen LogP contribution in [0.5, 0.6) is 0 Å². The summed E-state index contributed by atoms with van der Waals surface area (Å²) in [6, 6.07) is 7.28. The molecule has 2 atom stereocenters. The van der Waals surface area contributed by atoms with Crippen molar-refractivity contribution in [3.63, 3.8) is 0 Å². The summed E-state index contributed by atoms with van der Waals surface area (Å²) < 4.78 is 0. The molecule has 1 fully saturated rings. The summed E-state index contributed by atoms with van der Waals surface area (Å²) in [6.45, 7) is 1.68. The lowest BCUT2D eigenvalue weighted by atomic mass is 9.95. The zero-order chi connectivity index (χ0) is 14.5. The first-order chi connectivity index (χ1) is 9.61. The summed E-state index contributed by atoms with van der Waals surface area (Å²) in [5.74, 6) is -0.782. The Bertz CT molecular complexity index is 467. The monoisotopic (exact) mass is 296 g/mol. The number of carbonyl (C=O) groups is 1. The Kier molecular flexibility index (Phi) is 5.40. The van der Waals surface area contributed by atoms with Gasteiger partial charge in [-0.2, -0.15) is 0 Å². The Balaban J connectivity index is 2.12. The molecular weight excluding hydrogens is 276 g/mol. The molecule has 2 rings (SSSR count). The van der Waals surface area contributed by atoms with Gasteiger partial charge in [0.2, 0.25) is 0 Å². The van der Waals surface area contributed by atoms with Crippen LogP contribution < -0.4 is 5.32 Å². The fraction of sp³-hybridized carbons (Fsp3) is 0.533. The molecule has 0 saturated carbocycles. The first kappa shape index (κ1) is 15.3. The van der Waals surface area contributed by atoms with Gasteiger partial charge in [-0.25, -0.2) is 0 Å². The highest BCUT2D eigenvalue weighted by Crippen LogP contribution is 2.23. The van der Waals surface area contributed by atoms with Gasteiger partial charge in [0.1, 0.15) is 6.04 Å². The highest BCUT2D eigenvalue weighted by molar-refractivity contribution is 6.30. The van der Waals surface area contributed by atoms with Gasteiger partial charge in [0.15, 0.2) is 0 Å². The van der Waals surface area contributed by atoms with Crippen molar-refractivity contribution in [3.8, 4) is 0 Å². The van der Waals surface area contributed by atoms with Crippen LogP contribution in [0.4, 0.5) is 0 Å². The van der Waals surface area contributed by atoms with Gasteiger partial charge in [0.05, 0.1) is 0 Å². The number of nitrogens with zero attached hydrogens (tertiary/aromatic N) is 1. The smallest absolute Gasteiger partial charge is 0.322 e. The third-order valence-electron chi connectivity index (χ3n) is 3.90. The number of likely N-dealkylation sites (N-methyl/N-ethyl adjacent to an activating group) is 1. The summed E-state index contributed by atoms with van der Waals surface area (Å²) in [7, 11) is 1.71. The van der Waals surface area contributed by atoms with E-state index in [1.54, 1.807) is 7.05 Å². The van der Waals surface area contributed by atoms with Crippen molar-refractivity contribution in [2.75, 3.05) is 13.6 Å². The molecule has 0 spiro atoms. The summed E-state index contributed by atoms with van der Waals surface area (Å²) in [5.41, 5.74) is 1.13. The minimum Gasteiger partial charge on any atom is -0.480 e. The number of rotatable bonds is 5. The number of carboxylic acid groups (broad SMARTS) is 1. The maximum atomic E-state index is 11.4. The van der Waals surface area contributed by atoms with Crippen molar-refractivity contribution >= 4 is 17.6 Å². The second-order valence-corrected chi connectivity index (χ2v) is 5.70. The molecule has 1 heterocycles. The van der Waals surface area contributed by atoms with Crippen LogP contribution in [0.3, 0.4) is 0 Å². The van der Waals surface area contributed by atoms with Gasteiger partial charge in [0, 0.05) is 17.6 Å². The number of nitrogens with one attached hydrogen (secondary N) is 1. The van der Waals surface area contributed by atoms with Gasteiger partial charge < -0.3 is 10.4 Å². The zero-order valence-electron chi connectivity index (χ0n) is 11.7. The van der Waals surface area contributed by atoms with Gasteiger partial charge in [-0.05, 0) is 44.1 Å². The normalized spacial score (nSPS) is 21.6. The van der Waals surface area contributed by atoms with Crippen molar-refractivity contribution in [1.29, 1.82) is 0 Å². The van der Waals surface area contributed by atoms with Crippen LogP contribution in [0, 0.1) is 0 Å². The van der Waals surface area contributed by atoms with Gasteiger partial charge in [-0.3, -0.25) is 9.69 Å². The van der Waals surface area contributed by atoms with Crippen molar-refractivity contribution in [2.45, 2.75) is 37.9 Å². The highest BCUT2D eigenvalue weighted by Gasteiger charge is 2.33. The Morgan fingerprint density at radius 3 is 3.00 bits per heavy atom. The lowest BCUT2D eigenvalue weighted by molar-refractivity contribution is -0.141. The minimum absolute atomic E-state index is 0.0326. The first-order valence-electron chi connectivity index (χ1n) is 7.00. The van der Waals surface area contributed by atoms with E-state index in [1.807, 2.05) is 24.3 Å². The quantitative estimate of drug-likeness (QED) is 0.876. The number of likely N-dealkylation sites (tertiary alicyclic amines) is 1. The van der Waals surface area contributed by atoms with E-state index >= 15 is 0 Å². The average Bonchev–Trinajstić information content (AvgIpc) is 2.41. The third kappa shape index (κ3) is 3.72. The van der Waals surface area contributed by atoms with Crippen molar-refractivity contribution in [1.82, 2.24) is 10.2 Å². The van der Waals surface area contributed by atoms with Crippen molar-refractivity contribution in [2.24, 2.45) is 0 Å². The summed E-state index contributed by atoms with van der Waals surface area (Å²) in [4.78, 5) is 13.6. The largest absolute Gasteiger partial charge is 0.480 e. The molecule has 0 amide bonds. The predicted octanol–water partition coefficient (Wildman–Crippen LogP) is 2.37. The molecule has 0 aromatic heterocycles. The van der Waals surface area contributed by atoms with E-state index in [-0.39, 0.29) is 6.04 Å². The average molecular weight is 297 g/mol. The van der Waals surface area contributed by atoms with Crippen LogP contribution in [0.25, 0.3) is 0 Å². The van der Waals surface area contributed by atoms with Crippen LogP contribution in [-0.4, -0.2) is 41.7 Å². The van der Waals surface area contributed by atoms with Crippen molar-refractivity contribution < 1.29 is 9.90 Å². The number of halogens is 1. The molecule has 1 aliphatic rings. The number of piperidine rings is 1. The summed E-state index contributed by atoms with van der Waals surface area (Å²) >= 11 is 6.01. The lowest BCUT2D eigenvalue weighted by Gasteiger charge is -2.38. The Labute approximate surface area is 124 Å². The second kappa shape index (κ2) is 7.07. The number of hydrogen-bond donors (Lipinski definition) is 2. The first-order valence-corrected chi connectivity index (χ1v) is 7.38. The summed E-state index contributed by atoms with van der Waals surface area (Å²) in [5, 5.41) is 13.0. The Morgan fingerprint density at radius 1 is 1.55 bits per heavy atom. The fourth-order valence-corrected chi connectivity index (χ4v) is 3.15. The number of carboxylic acids is 1. The van der Waals surface area contributed by atoms with Crippen LogP contribution in [0.2, 0.25) is 5.02 Å². The standard InChI is InChI=1S/C15H21ClN2O2/c1-17-14(15(19)20)13-7-2-3-8-18(13)10-11-5-4-6-12(16)9-11/h4-6,9,13-14,17H,2-3,7-8,10H2,1H3,(H,19,20). The highest BCUT2D eigenvalue weighted by atomic mass is 35.5. The van der Waals surface area contributed by atoms with Crippen LogP contribution in [-0.2, 0) is 11.3 Å². The van der Waals surface area contributed by atoms with E-state index in [1.165, 1.54) is 0 Å². The summed E-state index contributed by atoms with van der Waals surface area (Å²) in [6.07, 6.45) is 3.12. The number of benzene rings is 1. The second-order valence-electron chi connectivity index (χ2n) is 5.27. The number of hydrogen-bond acceptors (Lipinski definition) is 3. The molecule has 2 N–H and O–H groups in total. The van der Waals surface area contributed by atoms with E-state index in [4.69, 9.17) is 11.6 Å². The van der Waals surface area contributed by atoms with E-state index in [2.05, 4.69) is 10.2 Å². The van der Waals surface area contributed by atoms with Crippen molar-refractivity contribution in [3.05, 3.63) is 34.9 Å². The number of aliphatic carboxylic acids is 1. The maximum Gasteiger partial charge on any atom is 0.322 e. The molecular formula is C15H21ClN2O2. The van der Waals surface area contributed by atoms with Crippen LogP contribution in [0.15, 0.2) is 24.3 Å². The molecule has 4 nitrogen and oxygen atoms in total. The van der Waals surface area contributed by atoms with Gasteiger partial charge in [0.25, 0.3) is 0 Å². The van der Waals surface area contributed by atoms with E-state index < -0.39 is 12.0 Å². The molecule has 1 aromatic rings. The molecule has 5 heteroatoms. The van der Waals surface area contributed by atoms with E-state index in [9.17, 15) is 9.90 Å². The molecule has 0 aliphatic carbocycles. The molecule has 1 aromatic carbocycles. The SMILES string of the molecule is CNC(C(=O)O)C1CCCCN1Cc1cccc(Cl)c1. The molecule has 1 aliphatic heterocycles. The maximum absolute atomic E-state index is 11.4. The predicted molar refractivity (Wildman–Crippen MR) is 80.0 cm³/mol. The van der Waals surface area contributed by atoms with Gasteiger partial charge in [-0.1, -0.05) is 30.2 Å². The van der Waals surface area contributed by atoms with Gasteiger partial charge in [-0.15, -0.1) is 0 Å². The van der Waals surface area contributed by atoms with E-state index in [0.717, 1.165) is 42.9 Å². The van der Waals surface area contributed by atoms with Crippen LogP contribution in [0.1, 0.15) is 24.8 Å². The molecule has 1 saturated heterocycles. The van der Waals surface area contributed by atoms with Crippen LogP contribution >= 0.6 is 11.6 Å². The Morgan fingerprint density at radius 2 is 2.35 bits per heavy atom. The fourth-order valence-electron chi connectivity index (χ4n) is 2.94. The van der Waals surface area contributed by atoms with Gasteiger partial charge >= 0.3 is 5.97 Å². The lowest BCUT2D eigenvalue weighted by Crippen LogP contribution is -2.54. The molecule has 20 heavy (non-hydrogen) atoms. The Hall–Kier alpha value is -1.10. The third-order valence-corrected chi connectivity index (χ3v) is 4.14. The molecule has 0 bridgehead atoms. The van der Waals surface area contributed by atoms with E-state index in [0.29, 0.717) is 0 Å². The molecule has 110 valence electrons. The zero-order valence-corrected chi connectivity index (χ0v) is 12.4. The molecule has 2 unspecified atom stereocenters. The molecule has 0 radical (unpaired) electrons.